The molecule has 0 aliphatic carbocycles. The van der Waals surface area contributed by atoms with Crippen LogP contribution in [-0.4, -0.2) is 4.57 Å². The number of anilines is 3. The molecule has 0 unspecified atom stereocenters. The van der Waals surface area contributed by atoms with Crippen LogP contribution in [0.3, 0.4) is 0 Å². The lowest BCUT2D eigenvalue weighted by atomic mass is 10.0. The van der Waals surface area contributed by atoms with Gasteiger partial charge in [0.1, 0.15) is 0 Å². The van der Waals surface area contributed by atoms with Gasteiger partial charge in [0, 0.05) is 33.0 Å². The molecule has 0 radical (unpaired) electrons. The molecular formula is C47H34N2S. The summed E-state index contributed by atoms with van der Waals surface area (Å²) < 4.78 is 3.71. The van der Waals surface area contributed by atoms with E-state index >= 15 is 0 Å². The largest absolute Gasteiger partial charge is 0.310 e. The highest BCUT2D eigenvalue weighted by Gasteiger charge is 2.19. The van der Waals surface area contributed by atoms with Gasteiger partial charge in [0.15, 0.2) is 0 Å². The Kier molecular flexibility index (Phi) is 7.61. The third-order valence-electron chi connectivity index (χ3n) is 9.54. The molecule has 2 aromatic heterocycles. The lowest BCUT2D eigenvalue weighted by molar-refractivity contribution is 1.18. The summed E-state index contributed by atoms with van der Waals surface area (Å²) in [4.78, 5) is 3.65. The van der Waals surface area contributed by atoms with Crippen molar-refractivity contribution in [1.29, 1.82) is 0 Å². The van der Waals surface area contributed by atoms with Gasteiger partial charge in [0.25, 0.3) is 0 Å². The molecule has 9 rings (SSSR count). The number of aryl methyl sites for hydroxylation is 1. The fourth-order valence-electron chi connectivity index (χ4n) is 7.08. The van der Waals surface area contributed by atoms with Crippen molar-refractivity contribution in [3.05, 3.63) is 194 Å². The Morgan fingerprint density at radius 2 is 0.940 bits per heavy atom. The van der Waals surface area contributed by atoms with Gasteiger partial charge < -0.3 is 9.47 Å². The zero-order chi connectivity index (χ0) is 33.4. The summed E-state index contributed by atoms with van der Waals surface area (Å²) in [5.74, 6) is 0. The van der Waals surface area contributed by atoms with Crippen LogP contribution < -0.4 is 4.90 Å². The van der Waals surface area contributed by atoms with Crippen molar-refractivity contribution in [2.45, 2.75) is 6.92 Å². The van der Waals surface area contributed by atoms with Gasteiger partial charge in [-0.15, -0.1) is 11.3 Å². The molecule has 0 aliphatic heterocycles. The van der Waals surface area contributed by atoms with Crippen LogP contribution in [0.1, 0.15) is 5.56 Å². The first-order chi connectivity index (χ1) is 24.7. The normalized spacial score (nSPS) is 11.3. The van der Waals surface area contributed by atoms with Crippen LogP contribution in [0.4, 0.5) is 17.1 Å². The Morgan fingerprint density at radius 1 is 0.440 bits per heavy atom. The van der Waals surface area contributed by atoms with Gasteiger partial charge in [-0.25, -0.2) is 0 Å². The molecule has 3 heteroatoms. The quantitative estimate of drug-likeness (QED) is 0.165. The number of hydrogen-bond acceptors (Lipinski definition) is 2. The molecule has 2 nitrogen and oxygen atoms in total. The number of thiophene rings is 1. The summed E-state index contributed by atoms with van der Waals surface area (Å²) >= 11 is 1.88. The first kappa shape index (κ1) is 29.9. The van der Waals surface area contributed by atoms with Crippen molar-refractivity contribution in [2.75, 3.05) is 4.90 Å². The Hall–Kier alpha value is -6.16. The monoisotopic (exact) mass is 658 g/mol. The lowest BCUT2D eigenvalue weighted by Crippen LogP contribution is -2.11. The summed E-state index contributed by atoms with van der Waals surface area (Å²) in [6, 6.07) is 67.7. The Labute approximate surface area is 296 Å². The van der Waals surface area contributed by atoms with Crippen molar-refractivity contribution in [3.8, 4) is 38.4 Å². The molecule has 9 aromatic rings. The molecule has 0 bridgehead atoms. The number of benzene rings is 7. The molecule has 238 valence electrons. The highest BCUT2D eigenvalue weighted by atomic mass is 32.1. The second-order valence-electron chi connectivity index (χ2n) is 12.7. The van der Waals surface area contributed by atoms with Crippen LogP contribution >= 0.6 is 11.3 Å². The van der Waals surface area contributed by atoms with Crippen molar-refractivity contribution in [3.63, 3.8) is 0 Å². The summed E-state index contributed by atoms with van der Waals surface area (Å²) in [6.45, 7) is 2.23. The van der Waals surface area contributed by atoms with E-state index in [1.54, 1.807) is 0 Å². The minimum absolute atomic E-state index is 1.12. The van der Waals surface area contributed by atoms with E-state index in [1.807, 2.05) is 11.3 Å². The van der Waals surface area contributed by atoms with Crippen LogP contribution in [0.2, 0.25) is 0 Å². The molecule has 0 spiro atoms. The van der Waals surface area contributed by atoms with Gasteiger partial charge in [0.05, 0.1) is 15.7 Å². The maximum absolute atomic E-state index is 2.39. The van der Waals surface area contributed by atoms with Crippen molar-refractivity contribution in [1.82, 2.24) is 4.57 Å². The number of para-hydroxylation sites is 2. The second kappa shape index (κ2) is 12.7. The van der Waals surface area contributed by atoms with E-state index in [9.17, 15) is 0 Å². The molecule has 0 amide bonds. The smallest absolute Gasteiger partial charge is 0.0655 e. The second-order valence-corrected chi connectivity index (χ2v) is 13.7. The van der Waals surface area contributed by atoms with Crippen LogP contribution in [0.25, 0.3) is 59.5 Å². The van der Waals surface area contributed by atoms with Crippen LogP contribution in [0, 0.1) is 6.92 Å². The first-order valence-electron chi connectivity index (χ1n) is 17.0. The average molecular weight is 659 g/mol. The molecule has 0 fully saturated rings. The number of hydrogen-bond donors (Lipinski definition) is 0. The van der Waals surface area contributed by atoms with Crippen molar-refractivity contribution in [2.24, 2.45) is 0 Å². The summed E-state index contributed by atoms with van der Waals surface area (Å²) in [7, 11) is 0. The zero-order valence-electron chi connectivity index (χ0n) is 27.7. The van der Waals surface area contributed by atoms with Gasteiger partial charge in [0.2, 0.25) is 0 Å². The van der Waals surface area contributed by atoms with Crippen molar-refractivity contribution >= 4 is 49.5 Å². The van der Waals surface area contributed by atoms with Gasteiger partial charge >= 0.3 is 0 Å². The summed E-state index contributed by atoms with van der Waals surface area (Å²) in [6.07, 6.45) is 0. The van der Waals surface area contributed by atoms with Crippen LogP contribution in [0.15, 0.2) is 188 Å². The third-order valence-corrected chi connectivity index (χ3v) is 10.8. The molecule has 7 aromatic carbocycles. The highest BCUT2D eigenvalue weighted by Crippen LogP contribution is 2.44. The molecule has 0 N–H and O–H groups in total. The standard InChI is InChI=1S/C47H34N2S/c1-33-31-38(46-32-45-47(50-46)42-19-11-12-20-44(42)49(45)39-17-9-4-10-18-39)25-30-43(33)48(40-26-21-36(22-27-40)34-13-5-2-6-14-34)41-28-23-37(24-29-41)35-15-7-3-8-16-35/h2-32H,1H3. The van der Waals surface area contributed by atoms with E-state index in [0.29, 0.717) is 0 Å². The number of aromatic nitrogens is 1. The molecule has 0 atom stereocenters. The van der Waals surface area contributed by atoms with E-state index in [1.165, 1.54) is 65.1 Å². The SMILES string of the molecule is Cc1cc(-c2cc3c(s2)c2ccccc2n3-c2ccccc2)ccc1N(c1ccc(-c2ccccc2)cc1)c1ccc(-c2ccccc2)cc1. The minimum Gasteiger partial charge on any atom is -0.310 e. The van der Waals surface area contributed by atoms with Gasteiger partial charge in [-0.3, -0.25) is 0 Å². The van der Waals surface area contributed by atoms with Gasteiger partial charge in [-0.05, 0) is 101 Å². The van der Waals surface area contributed by atoms with E-state index in [4.69, 9.17) is 0 Å². The minimum atomic E-state index is 1.12. The van der Waals surface area contributed by atoms with E-state index in [2.05, 4.69) is 204 Å². The third kappa shape index (κ3) is 5.38. The maximum atomic E-state index is 2.39. The van der Waals surface area contributed by atoms with Crippen LogP contribution in [-0.2, 0) is 0 Å². The topological polar surface area (TPSA) is 8.17 Å². The van der Waals surface area contributed by atoms with Crippen LogP contribution in [0.5, 0.6) is 0 Å². The van der Waals surface area contributed by atoms with E-state index in [-0.39, 0.29) is 0 Å². The predicted molar refractivity (Wildman–Crippen MR) is 214 cm³/mol. The maximum Gasteiger partial charge on any atom is 0.0655 e. The lowest BCUT2D eigenvalue weighted by Gasteiger charge is -2.28. The summed E-state index contributed by atoms with van der Waals surface area (Å²) in [5, 5.41) is 1.29. The highest BCUT2D eigenvalue weighted by molar-refractivity contribution is 7.23. The summed E-state index contributed by atoms with van der Waals surface area (Å²) in [5.41, 5.74) is 14.4. The fraction of sp³-hybridized carbons (Fsp3) is 0.0213. The number of nitrogens with zero attached hydrogens (tertiary/aromatic N) is 2. The van der Waals surface area contributed by atoms with Crippen molar-refractivity contribution < 1.29 is 0 Å². The molecule has 50 heavy (non-hydrogen) atoms. The molecule has 0 saturated heterocycles. The molecule has 0 aliphatic rings. The van der Waals surface area contributed by atoms with Gasteiger partial charge in [-0.2, -0.15) is 0 Å². The predicted octanol–water partition coefficient (Wildman–Crippen LogP) is 13.6. The fourth-order valence-corrected chi connectivity index (χ4v) is 8.25. The van der Waals surface area contributed by atoms with E-state index in [0.717, 1.165) is 17.1 Å². The van der Waals surface area contributed by atoms with E-state index < -0.39 is 0 Å². The van der Waals surface area contributed by atoms with Gasteiger partial charge in [-0.1, -0.05) is 127 Å². The number of rotatable bonds is 7. The molecule has 0 saturated carbocycles. The average Bonchev–Trinajstić information content (AvgIpc) is 3.75. The zero-order valence-corrected chi connectivity index (χ0v) is 28.5. The Balaban J connectivity index is 1.13. The number of fused-ring (bicyclic) bond motifs is 3. The first-order valence-corrected chi connectivity index (χ1v) is 17.8. The molecule has 2 heterocycles. The Morgan fingerprint density at radius 3 is 1.52 bits per heavy atom. The molecular weight excluding hydrogens is 625 g/mol. The Bertz CT molecular complexity index is 2480.